The van der Waals surface area contributed by atoms with Crippen LogP contribution in [0, 0.1) is 0 Å². The van der Waals surface area contributed by atoms with Gasteiger partial charge in [0.15, 0.2) is 6.10 Å². The molecule has 5 nitrogen and oxygen atoms in total. The highest BCUT2D eigenvalue weighted by Gasteiger charge is 2.16. The Balaban J connectivity index is 3.41. The molecule has 0 radical (unpaired) electrons. The highest BCUT2D eigenvalue weighted by molar-refractivity contribution is 5.70. The molecule has 0 aromatic rings. The van der Waals surface area contributed by atoms with Gasteiger partial charge in [-0.1, -0.05) is 312 Å². The normalized spacial score (nSPS) is 12.5. The van der Waals surface area contributed by atoms with Gasteiger partial charge in [0.05, 0.1) is 6.61 Å². The minimum Gasteiger partial charge on any atom is -0.462 e. The zero-order valence-electron chi connectivity index (χ0n) is 49.6. The molecule has 0 aliphatic rings. The lowest BCUT2D eigenvalue weighted by Gasteiger charge is -2.15. The summed E-state index contributed by atoms with van der Waals surface area (Å²) >= 11 is 0. The first kappa shape index (κ1) is 71.6. The average molecular weight is 1040 g/mol. The lowest BCUT2D eigenvalue weighted by Crippen LogP contribution is -2.28. The summed E-state index contributed by atoms with van der Waals surface area (Å²) in [7, 11) is 0. The predicted octanol–water partition coefficient (Wildman–Crippen LogP) is 22.5. The Bertz CT molecular complexity index is 1260. The Morgan fingerprint density at radius 2 is 0.541 bits per heavy atom. The first-order chi connectivity index (χ1) is 36.6. The fourth-order valence-electron chi connectivity index (χ4n) is 9.83. The summed E-state index contributed by atoms with van der Waals surface area (Å²) in [6.45, 7) is 4.15. The van der Waals surface area contributed by atoms with Gasteiger partial charge < -0.3 is 14.6 Å². The Labute approximate surface area is 461 Å². The third-order valence-corrected chi connectivity index (χ3v) is 14.8. The highest BCUT2D eigenvalue weighted by atomic mass is 16.6. The second-order valence-corrected chi connectivity index (χ2v) is 22.2. The summed E-state index contributed by atoms with van der Waals surface area (Å²) in [6, 6.07) is 0. The monoisotopic (exact) mass is 1030 g/mol. The number of aliphatic hydroxyl groups is 1. The zero-order valence-corrected chi connectivity index (χ0v) is 49.6. The number of esters is 2. The van der Waals surface area contributed by atoms with Gasteiger partial charge in [0.1, 0.15) is 6.61 Å². The Morgan fingerprint density at radius 1 is 0.311 bits per heavy atom. The van der Waals surface area contributed by atoms with Crippen molar-refractivity contribution in [1.29, 1.82) is 0 Å². The molecule has 5 heteroatoms. The highest BCUT2D eigenvalue weighted by Crippen LogP contribution is 2.18. The molecule has 74 heavy (non-hydrogen) atoms. The van der Waals surface area contributed by atoms with E-state index in [1.807, 2.05) is 0 Å². The summed E-state index contributed by atoms with van der Waals surface area (Å²) in [5.41, 5.74) is 0. The number of allylic oxidation sites excluding steroid dienone is 10. The molecule has 0 bridgehead atoms. The minimum absolute atomic E-state index is 0.0665. The number of carbonyl (C=O) groups excluding carboxylic acids is 2. The van der Waals surface area contributed by atoms with Crippen molar-refractivity contribution in [3.8, 4) is 0 Å². The largest absolute Gasteiger partial charge is 0.462 e. The van der Waals surface area contributed by atoms with E-state index in [0.717, 1.165) is 57.8 Å². The molecular weight excluding hydrogens is 909 g/mol. The van der Waals surface area contributed by atoms with E-state index in [9.17, 15) is 14.7 Å². The molecule has 0 aromatic carbocycles. The van der Waals surface area contributed by atoms with Crippen molar-refractivity contribution in [1.82, 2.24) is 0 Å². The van der Waals surface area contributed by atoms with Crippen LogP contribution >= 0.6 is 0 Å². The van der Waals surface area contributed by atoms with E-state index in [1.54, 1.807) is 0 Å². The molecule has 1 N–H and O–H groups in total. The lowest BCUT2D eigenvalue weighted by molar-refractivity contribution is -0.161. The predicted molar refractivity (Wildman–Crippen MR) is 325 cm³/mol. The van der Waals surface area contributed by atoms with Crippen LogP contribution in [0.4, 0.5) is 0 Å². The standard InChI is InChI=1S/C69H126O5/c1-3-5-7-9-11-13-15-17-19-21-23-25-27-28-29-30-31-32-33-34-35-36-37-38-39-40-42-43-45-47-49-51-53-55-57-59-61-63-68(71)73-66-67(65-70)74-69(72)64-62-60-58-56-54-52-50-48-46-44-41-26-24-22-20-18-16-14-12-10-8-6-4-2/h15-18,21-24,41,44,67,70H,3-14,19-20,25-40,42-43,45-66H2,1-2H3/b17-15-,18-16-,23-21-,24-22-,44-41-. The third kappa shape index (κ3) is 62.1. The van der Waals surface area contributed by atoms with Crippen molar-refractivity contribution in [2.75, 3.05) is 13.2 Å². The second-order valence-electron chi connectivity index (χ2n) is 22.2. The van der Waals surface area contributed by atoms with Gasteiger partial charge in [-0.25, -0.2) is 0 Å². The summed E-state index contributed by atoms with van der Waals surface area (Å²) in [5.74, 6) is -0.584. The molecular formula is C69H126O5. The van der Waals surface area contributed by atoms with Crippen LogP contribution in [0.25, 0.3) is 0 Å². The second kappa shape index (κ2) is 64.9. The van der Waals surface area contributed by atoms with Gasteiger partial charge in [-0.15, -0.1) is 0 Å². The van der Waals surface area contributed by atoms with Crippen LogP contribution in [0.3, 0.4) is 0 Å². The van der Waals surface area contributed by atoms with E-state index in [1.165, 1.54) is 263 Å². The molecule has 0 rings (SSSR count). The summed E-state index contributed by atoms with van der Waals surface area (Å²) in [4.78, 5) is 24.6. The summed E-state index contributed by atoms with van der Waals surface area (Å²) in [6.07, 6.45) is 88.1. The van der Waals surface area contributed by atoms with E-state index in [4.69, 9.17) is 9.47 Å². The SMILES string of the molecule is CCCCCCC/C=C\C/C=C\C/C=C\CCCCCCCCCCC(=O)OC(CO)COC(=O)CCCCCCCCCCCCCCCCCCCCCCCCCCC/C=C\C/C=C\CCCCCCC. The molecule has 0 spiro atoms. The van der Waals surface area contributed by atoms with E-state index in [0.29, 0.717) is 12.8 Å². The van der Waals surface area contributed by atoms with Gasteiger partial charge >= 0.3 is 11.9 Å². The van der Waals surface area contributed by atoms with Gasteiger partial charge in [0, 0.05) is 12.8 Å². The van der Waals surface area contributed by atoms with Crippen molar-refractivity contribution < 1.29 is 24.2 Å². The minimum atomic E-state index is -0.777. The maximum absolute atomic E-state index is 12.3. The van der Waals surface area contributed by atoms with Crippen LogP contribution < -0.4 is 0 Å². The van der Waals surface area contributed by atoms with Crippen molar-refractivity contribution in [2.45, 2.75) is 354 Å². The van der Waals surface area contributed by atoms with Gasteiger partial charge in [-0.05, 0) is 83.5 Å². The Morgan fingerprint density at radius 3 is 0.811 bits per heavy atom. The maximum Gasteiger partial charge on any atom is 0.306 e. The van der Waals surface area contributed by atoms with Gasteiger partial charge in [0.2, 0.25) is 0 Å². The zero-order chi connectivity index (χ0) is 53.4. The van der Waals surface area contributed by atoms with Crippen molar-refractivity contribution in [3.63, 3.8) is 0 Å². The van der Waals surface area contributed by atoms with Crippen LogP contribution in [0.1, 0.15) is 348 Å². The third-order valence-electron chi connectivity index (χ3n) is 14.8. The van der Waals surface area contributed by atoms with E-state index < -0.39 is 6.10 Å². The van der Waals surface area contributed by atoms with E-state index in [2.05, 4.69) is 74.6 Å². The van der Waals surface area contributed by atoms with Crippen LogP contribution in [0.2, 0.25) is 0 Å². The molecule has 0 fully saturated rings. The van der Waals surface area contributed by atoms with Gasteiger partial charge in [0.25, 0.3) is 0 Å². The number of carbonyl (C=O) groups is 2. The molecule has 0 aliphatic heterocycles. The number of aliphatic hydroxyl groups excluding tert-OH is 1. The van der Waals surface area contributed by atoms with Gasteiger partial charge in [-0.3, -0.25) is 9.59 Å². The maximum atomic E-state index is 12.3. The number of hydrogen-bond donors (Lipinski definition) is 1. The van der Waals surface area contributed by atoms with Crippen LogP contribution in [-0.2, 0) is 19.1 Å². The molecule has 0 saturated heterocycles. The molecule has 0 heterocycles. The first-order valence-electron chi connectivity index (χ1n) is 32.8. The van der Waals surface area contributed by atoms with E-state index >= 15 is 0 Å². The van der Waals surface area contributed by atoms with E-state index in [-0.39, 0.29) is 25.2 Å². The Hall–Kier alpha value is -2.40. The van der Waals surface area contributed by atoms with Crippen LogP contribution in [0.15, 0.2) is 60.8 Å². The number of hydrogen-bond acceptors (Lipinski definition) is 5. The summed E-state index contributed by atoms with van der Waals surface area (Å²) in [5, 5.41) is 9.68. The quantitative estimate of drug-likeness (QED) is 0.0373. The van der Waals surface area contributed by atoms with Crippen molar-refractivity contribution >= 4 is 11.9 Å². The number of rotatable bonds is 61. The fraction of sp³-hybridized carbons (Fsp3) is 0.826. The number of unbranched alkanes of at least 4 members (excludes halogenated alkanes) is 43. The van der Waals surface area contributed by atoms with Crippen LogP contribution in [-0.4, -0.2) is 36.4 Å². The molecule has 0 amide bonds. The van der Waals surface area contributed by atoms with Crippen molar-refractivity contribution in [3.05, 3.63) is 60.8 Å². The van der Waals surface area contributed by atoms with Gasteiger partial charge in [-0.2, -0.15) is 0 Å². The fourth-order valence-corrected chi connectivity index (χ4v) is 9.83. The molecule has 432 valence electrons. The Kier molecular flexibility index (Phi) is 62.8. The topological polar surface area (TPSA) is 72.8 Å². The molecule has 1 unspecified atom stereocenters. The number of ether oxygens (including phenoxy) is 2. The average Bonchev–Trinajstić information content (AvgIpc) is 3.40. The molecule has 1 atom stereocenters. The molecule has 0 aromatic heterocycles. The molecule has 0 aliphatic carbocycles. The lowest BCUT2D eigenvalue weighted by atomic mass is 10.0. The first-order valence-corrected chi connectivity index (χ1v) is 32.8. The van der Waals surface area contributed by atoms with Crippen LogP contribution in [0.5, 0.6) is 0 Å². The van der Waals surface area contributed by atoms with Crippen molar-refractivity contribution in [2.24, 2.45) is 0 Å². The smallest absolute Gasteiger partial charge is 0.306 e. The molecule has 0 saturated carbocycles. The summed E-state index contributed by atoms with van der Waals surface area (Å²) < 4.78 is 10.7.